The number of nitrogens with zero attached hydrogens (tertiary/aromatic N) is 1. The first-order valence-corrected chi connectivity index (χ1v) is 6.13. The number of ketones is 2. The van der Waals surface area contributed by atoms with E-state index in [1.54, 1.807) is 12.1 Å². The van der Waals surface area contributed by atoms with Gasteiger partial charge in [-0.1, -0.05) is 12.1 Å². The van der Waals surface area contributed by atoms with Crippen LogP contribution in [-0.2, 0) is 0 Å². The summed E-state index contributed by atoms with van der Waals surface area (Å²) in [7, 11) is 0. The second-order valence-corrected chi connectivity index (χ2v) is 4.66. The number of nitrogens with two attached hydrogens (primary N) is 2. The summed E-state index contributed by atoms with van der Waals surface area (Å²) in [4.78, 5) is 28.5. The molecule has 0 atom stereocenters. The molecule has 1 heterocycles. The number of hydrogen-bond acceptors (Lipinski definition) is 6. The molecule has 0 amide bonds. The van der Waals surface area contributed by atoms with Gasteiger partial charge in [-0.2, -0.15) is 0 Å². The molecule has 0 saturated carbocycles. The van der Waals surface area contributed by atoms with Gasteiger partial charge in [0.15, 0.2) is 11.6 Å². The number of aromatic hydroxyl groups is 1. The van der Waals surface area contributed by atoms with Gasteiger partial charge in [-0.05, 0) is 29.8 Å². The number of carbonyl (C=O) groups excluding carboxylic acids is 2. The molecule has 0 aliphatic heterocycles. The molecular formula is C15H11N3O3. The standard InChI is InChI=1S/C15H11N3O3/c16-12-6-10-11(20)5-9(7-2-1-3-8(19)4-7)14(21)13(10)15(17)18-12/h1-6,19H,(H4,16,17,18). The zero-order chi connectivity index (χ0) is 15.1. The van der Waals surface area contributed by atoms with E-state index >= 15 is 0 Å². The summed E-state index contributed by atoms with van der Waals surface area (Å²) in [6.07, 6.45) is 1.22. The van der Waals surface area contributed by atoms with Crippen molar-refractivity contribution < 1.29 is 14.7 Å². The van der Waals surface area contributed by atoms with E-state index in [4.69, 9.17) is 11.5 Å². The molecule has 0 fully saturated rings. The number of hydrogen-bond donors (Lipinski definition) is 3. The average molecular weight is 281 g/mol. The maximum absolute atomic E-state index is 12.5. The lowest BCUT2D eigenvalue weighted by molar-refractivity contribution is 0.100. The Labute approximate surface area is 119 Å². The van der Waals surface area contributed by atoms with Gasteiger partial charge in [-0.3, -0.25) is 9.59 Å². The zero-order valence-electron chi connectivity index (χ0n) is 10.8. The van der Waals surface area contributed by atoms with Crippen LogP contribution in [0.1, 0.15) is 26.3 Å². The van der Waals surface area contributed by atoms with Gasteiger partial charge in [0.2, 0.25) is 0 Å². The predicted octanol–water partition coefficient (Wildman–Crippen LogP) is 1.41. The number of pyridine rings is 1. The van der Waals surface area contributed by atoms with Gasteiger partial charge >= 0.3 is 0 Å². The molecule has 1 aromatic heterocycles. The van der Waals surface area contributed by atoms with Gasteiger partial charge in [0, 0.05) is 11.1 Å². The normalized spacial score (nSPS) is 13.8. The fourth-order valence-electron chi connectivity index (χ4n) is 2.32. The fraction of sp³-hybridized carbons (Fsp3) is 0. The highest BCUT2D eigenvalue weighted by atomic mass is 16.3. The second kappa shape index (κ2) is 4.45. The Bertz CT molecular complexity index is 825. The minimum Gasteiger partial charge on any atom is -0.508 e. The van der Waals surface area contributed by atoms with E-state index in [1.165, 1.54) is 24.3 Å². The first-order valence-electron chi connectivity index (χ1n) is 6.13. The number of Topliss-reactive ketones (excluding diaryl/α,β-unsaturated/α-hetero) is 1. The third-order valence-electron chi connectivity index (χ3n) is 3.24. The Hall–Kier alpha value is -3.15. The van der Waals surface area contributed by atoms with Crippen molar-refractivity contribution in [2.24, 2.45) is 0 Å². The number of phenols is 1. The molecule has 0 spiro atoms. The second-order valence-electron chi connectivity index (χ2n) is 4.66. The maximum atomic E-state index is 12.5. The minimum atomic E-state index is -0.416. The zero-order valence-corrected chi connectivity index (χ0v) is 10.8. The first-order chi connectivity index (χ1) is 9.97. The molecule has 104 valence electrons. The third kappa shape index (κ3) is 2.02. The molecule has 21 heavy (non-hydrogen) atoms. The van der Waals surface area contributed by atoms with Crippen LogP contribution < -0.4 is 11.5 Å². The largest absolute Gasteiger partial charge is 0.508 e. The van der Waals surface area contributed by atoms with Crippen LogP contribution in [0.5, 0.6) is 5.75 Å². The highest BCUT2D eigenvalue weighted by molar-refractivity contribution is 6.39. The van der Waals surface area contributed by atoms with Gasteiger partial charge in [-0.15, -0.1) is 0 Å². The van der Waals surface area contributed by atoms with Gasteiger partial charge in [0.05, 0.1) is 5.56 Å². The van der Waals surface area contributed by atoms with Crippen molar-refractivity contribution in [3.05, 3.63) is 53.1 Å². The van der Waals surface area contributed by atoms with Gasteiger partial charge in [0.1, 0.15) is 17.4 Å². The highest BCUT2D eigenvalue weighted by Crippen LogP contribution is 2.32. The molecule has 1 aromatic carbocycles. The van der Waals surface area contributed by atoms with E-state index in [2.05, 4.69) is 4.98 Å². The van der Waals surface area contributed by atoms with Crippen molar-refractivity contribution >= 4 is 28.8 Å². The summed E-state index contributed by atoms with van der Waals surface area (Å²) in [5.74, 6) is -0.775. The van der Waals surface area contributed by atoms with E-state index in [0.717, 1.165) is 0 Å². The molecule has 0 radical (unpaired) electrons. The van der Waals surface area contributed by atoms with Crippen molar-refractivity contribution in [2.75, 3.05) is 11.5 Å². The number of carbonyl (C=O) groups is 2. The van der Waals surface area contributed by atoms with E-state index in [-0.39, 0.29) is 39.9 Å². The summed E-state index contributed by atoms with van der Waals surface area (Å²) in [5, 5.41) is 9.51. The highest BCUT2D eigenvalue weighted by Gasteiger charge is 2.29. The Morgan fingerprint density at radius 3 is 2.57 bits per heavy atom. The topological polar surface area (TPSA) is 119 Å². The lowest BCUT2D eigenvalue weighted by atomic mass is 9.86. The molecular weight excluding hydrogens is 270 g/mol. The summed E-state index contributed by atoms with van der Waals surface area (Å²) in [6, 6.07) is 7.43. The minimum absolute atomic E-state index is 0.00264. The molecule has 0 unspecified atom stereocenters. The lowest BCUT2D eigenvalue weighted by Crippen LogP contribution is -2.20. The van der Waals surface area contributed by atoms with Crippen LogP contribution in [0, 0.1) is 0 Å². The van der Waals surface area contributed by atoms with Crippen LogP contribution >= 0.6 is 0 Å². The van der Waals surface area contributed by atoms with Gasteiger partial charge in [-0.25, -0.2) is 4.98 Å². The molecule has 1 aliphatic rings. The average Bonchev–Trinajstić information content (AvgIpc) is 2.42. The predicted molar refractivity (Wildman–Crippen MR) is 77.8 cm³/mol. The Morgan fingerprint density at radius 2 is 1.86 bits per heavy atom. The monoisotopic (exact) mass is 281 g/mol. The Kier molecular flexibility index (Phi) is 2.72. The van der Waals surface area contributed by atoms with E-state index in [1.807, 2.05) is 0 Å². The molecule has 0 bridgehead atoms. The molecule has 6 heteroatoms. The number of allylic oxidation sites excluding steroid dienone is 2. The van der Waals surface area contributed by atoms with Crippen LogP contribution in [0.4, 0.5) is 11.6 Å². The van der Waals surface area contributed by atoms with Gasteiger partial charge < -0.3 is 16.6 Å². The quantitative estimate of drug-likeness (QED) is 0.727. The van der Waals surface area contributed by atoms with E-state index in [0.29, 0.717) is 5.56 Å². The van der Waals surface area contributed by atoms with Crippen molar-refractivity contribution in [2.45, 2.75) is 0 Å². The number of phenolic OH excluding ortho intramolecular Hbond substituents is 1. The van der Waals surface area contributed by atoms with Gasteiger partial charge in [0.25, 0.3) is 0 Å². The summed E-state index contributed by atoms with van der Waals surface area (Å²) >= 11 is 0. The third-order valence-corrected chi connectivity index (χ3v) is 3.24. The number of fused-ring (bicyclic) bond motifs is 1. The molecule has 2 aromatic rings. The molecule has 3 rings (SSSR count). The lowest BCUT2D eigenvalue weighted by Gasteiger charge is -2.17. The first kappa shape index (κ1) is 12.9. The molecule has 1 aliphatic carbocycles. The van der Waals surface area contributed by atoms with Crippen molar-refractivity contribution in [3.63, 3.8) is 0 Å². The Balaban J connectivity index is 2.20. The SMILES string of the molecule is Nc1cc2c(c(N)n1)C(=O)C(c1cccc(O)c1)=CC2=O. The number of benzene rings is 1. The van der Waals surface area contributed by atoms with Crippen molar-refractivity contribution in [1.82, 2.24) is 4.98 Å². The van der Waals surface area contributed by atoms with Crippen molar-refractivity contribution in [1.29, 1.82) is 0 Å². The number of rotatable bonds is 1. The number of anilines is 2. The summed E-state index contributed by atoms with van der Waals surface area (Å²) in [5.41, 5.74) is 12.1. The molecule has 6 nitrogen and oxygen atoms in total. The number of nitrogen functional groups attached to an aromatic ring is 2. The van der Waals surface area contributed by atoms with Crippen LogP contribution in [-0.4, -0.2) is 21.7 Å². The van der Waals surface area contributed by atoms with E-state index in [9.17, 15) is 14.7 Å². The van der Waals surface area contributed by atoms with Crippen LogP contribution in [0.25, 0.3) is 5.57 Å². The van der Waals surface area contributed by atoms with E-state index < -0.39 is 5.78 Å². The Morgan fingerprint density at radius 1 is 1.10 bits per heavy atom. The summed E-state index contributed by atoms with van der Waals surface area (Å²) < 4.78 is 0. The summed E-state index contributed by atoms with van der Waals surface area (Å²) in [6.45, 7) is 0. The van der Waals surface area contributed by atoms with Crippen LogP contribution in [0.2, 0.25) is 0 Å². The molecule has 0 saturated heterocycles. The number of aromatic nitrogens is 1. The maximum Gasteiger partial charge on any atom is 0.198 e. The molecule has 5 N–H and O–H groups in total. The van der Waals surface area contributed by atoms with Crippen molar-refractivity contribution in [3.8, 4) is 5.75 Å². The fourth-order valence-corrected chi connectivity index (χ4v) is 2.32. The smallest absolute Gasteiger partial charge is 0.198 e. The van der Waals surface area contributed by atoms with Crippen LogP contribution in [0.3, 0.4) is 0 Å². The van der Waals surface area contributed by atoms with Crippen LogP contribution in [0.15, 0.2) is 36.4 Å².